The normalized spacial score (nSPS) is 16.0. The first-order valence-corrected chi connectivity index (χ1v) is 7.76. The minimum absolute atomic E-state index is 0.0558. The molecule has 0 bridgehead atoms. The van der Waals surface area contributed by atoms with E-state index < -0.39 is 6.10 Å². The van der Waals surface area contributed by atoms with Gasteiger partial charge in [-0.3, -0.25) is 4.79 Å². The molecule has 0 saturated carbocycles. The van der Waals surface area contributed by atoms with Crippen molar-refractivity contribution >= 4 is 5.91 Å². The van der Waals surface area contributed by atoms with Crippen molar-refractivity contribution in [1.82, 2.24) is 5.32 Å². The van der Waals surface area contributed by atoms with Gasteiger partial charge in [0.1, 0.15) is 5.75 Å². The number of aryl methyl sites for hydroxylation is 2. The van der Waals surface area contributed by atoms with Crippen molar-refractivity contribution in [2.75, 3.05) is 6.54 Å². The van der Waals surface area contributed by atoms with Crippen LogP contribution < -0.4 is 10.1 Å². The van der Waals surface area contributed by atoms with Crippen LogP contribution in [0.15, 0.2) is 29.8 Å². The molecule has 1 atom stereocenters. The van der Waals surface area contributed by atoms with E-state index in [-0.39, 0.29) is 5.91 Å². The molecule has 3 heteroatoms. The van der Waals surface area contributed by atoms with Gasteiger partial charge in [-0.05, 0) is 69.7 Å². The summed E-state index contributed by atoms with van der Waals surface area (Å²) in [7, 11) is 0. The predicted molar refractivity (Wildman–Crippen MR) is 85.6 cm³/mol. The Hall–Kier alpha value is -1.77. The monoisotopic (exact) mass is 287 g/mol. The van der Waals surface area contributed by atoms with Crippen LogP contribution in [0.1, 0.15) is 43.7 Å². The highest BCUT2D eigenvalue weighted by Gasteiger charge is 2.15. The Morgan fingerprint density at radius 2 is 2.10 bits per heavy atom. The van der Waals surface area contributed by atoms with Gasteiger partial charge >= 0.3 is 0 Å². The van der Waals surface area contributed by atoms with Crippen molar-refractivity contribution in [2.24, 2.45) is 0 Å². The van der Waals surface area contributed by atoms with Crippen molar-refractivity contribution in [3.05, 3.63) is 41.0 Å². The zero-order chi connectivity index (χ0) is 15.2. The van der Waals surface area contributed by atoms with E-state index in [1.54, 1.807) is 6.92 Å². The molecule has 114 valence electrons. The van der Waals surface area contributed by atoms with Crippen molar-refractivity contribution in [3.8, 4) is 5.75 Å². The van der Waals surface area contributed by atoms with Gasteiger partial charge < -0.3 is 10.1 Å². The maximum atomic E-state index is 12.1. The summed E-state index contributed by atoms with van der Waals surface area (Å²) in [5, 5.41) is 2.97. The number of allylic oxidation sites excluding steroid dienone is 1. The Labute approximate surface area is 127 Å². The Morgan fingerprint density at radius 1 is 1.29 bits per heavy atom. The molecule has 0 saturated heterocycles. The second kappa shape index (κ2) is 7.30. The van der Waals surface area contributed by atoms with E-state index in [2.05, 4.69) is 18.3 Å². The summed E-state index contributed by atoms with van der Waals surface area (Å²) in [5.74, 6) is 0.692. The zero-order valence-electron chi connectivity index (χ0n) is 13.2. The summed E-state index contributed by atoms with van der Waals surface area (Å²) in [6.07, 6.45) is 6.52. The molecule has 1 aliphatic carbocycles. The first-order valence-electron chi connectivity index (χ1n) is 7.76. The van der Waals surface area contributed by atoms with Crippen molar-refractivity contribution in [1.29, 1.82) is 0 Å². The van der Waals surface area contributed by atoms with Gasteiger partial charge in [-0.2, -0.15) is 0 Å². The van der Waals surface area contributed by atoms with Crippen LogP contribution in [0.2, 0.25) is 0 Å². The number of carbonyl (C=O) groups is 1. The molecule has 21 heavy (non-hydrogen) atoms. The van der Waals surface area contributed by atoms with Gasteiger partial charge in [-0.1, -0.05) is 17.7 Å². The third-order valence-corrected chi connectivity index (χ3v) is 4.04. The fourth-order valence-corrected chi connectivity index (χ4v) is 2.45. The third kappa shape index (κ3) is 4.62. The number of nitrogens with one attached hydrogen (secondary N) is 1. The third-order valence-electron chi connectivity index (χ3n) is 4.04. The van der Waals surface area contributed by atoms with E-state index in [1.807, 2.05) is 25.1 Å². The van der Waals surface area contributed by atoms with Crippen LogP contribution in [0, 0.1) is 13.8 Å². The predicted octanol–water partition coefficient (Wildman–Crippen LogP) is 3.69. The number of hydrogen-bond acceptors (Lipinski definition) is 2. The number of benzene rings is 1. The molecule has 0 radical (unpaired) electrons. The zero-order valence-corrected chi connectivity index (χ0v) is 13.2. The summed E-state index contributed by atoms with van der Waals surface area (Å²) in [6.45, 7) is 6.55. The van der Waals surface area contributed by atoms with E-state index in [0.29, 0.717) is 6.54 Å². The van der Waals surface area contributed by atoms with E-state index in [0.717, 1.165) is 18.6 Å². The average Bonchev–Trinajstić information content (AvgIpc) is 2.49. The lowest BCUT2D eigenvalue weighted by Gasteiger charge is -2.17. The summed E-state index contributed by atoms with van der Waals surface area (Å²) in [6, 6.07) is 5.90. The molecule has 0 unspecified atom stereocenters. The molecule has 1 aromatic rings. The molecular formula is C18H25NO2. The molecule has 1 aliphatic rings. The molecule has 1 aromatic carbocycles. The molecule has 1 amide bonds. The molecule has 2 rings (SSSR count). The van der Waals surface area contributed by atoms with Gasteiger partial charge in [0.15, 0.2) is 6.10 Å². The molecule has 1 N–H and O–H groups in total. The van der Waals surface area contributed by atoms with Crippen molar-refractivity contribution < 1.29 is 9.53 Å². The second-order valence-electron chi connectivity index (χ2n) is 5.83. The molecule has 0 spiro atoms. The summed E-state index contributed by atoms with van der Waals surface area (Å²) < 4.78 is 5.72. The minimum Gasteiger partial charge on any atom is -0.481 e. The van der Waals surface area contributed by atoms with Crippen LogP contribution in [0.25, 0.3) is 0 Å². The van der Waals surface area contributed by atoms with Gasteiger partial charge in [0.2, 0.25) is 0 Å². The topological polar surface area (TPSA) is 38.3 Å². The van der Waals surface area contributed by atoms with Crippen LogP contribution >= 0.6 is 0 Å². The SMILES string of the molecule is Cc1ccc(O[C@@H](C)C(=O)NCC2=CCCCC2)cc1C. The standard InChI is InChI=1S/C18H25NO2/c1-13-9-10-17(11-14(13)2)21-15(3)18(20)19-12-16-7-5-4-6-8-16/h7,9-11,15H,4-6,8,12H2,1-3H3,(H,19,20)/t15-/m0/s1. The largest absolute Gasteiger partial charge is 0.481 e. The van der Waals surface area contributed by atoms with Gasteiger partial charge in [0.25, 0.3) is 5.91 Å². The fraction of sp³-hybridized carbons (Fsp3) is 0.500. The number of rotatable bonds is 5. The lowest BCUT2D eigenvalue weighted by Crippen LogP contribution is -2.37. The highest BCUT2D eigenvalue weighted by molar-refractivity contribution is 5.80. The lowest BCUT2D eigenvalue weighted by molar-refractivity contribution is -0.127. The second-order valence-corrected chi connectivity index (χ2v) is 5.83. The molecule has 0 fully saturated rings. The van der Waals surface area contributed by atoms with Crippen LogP contribution in [0.3, 0.4) is 0 Å². The quantitative estimate of drug-likeness (QED) is 0.839. The van der Waals surface area contributed by atoms with Crippen LogP contribution in [0.5, 0.6) is 5.75 Å². The molecular weight excluding hydrogens is 262 g/mol. The van der Waals surface area contributed by atoms with E-state index >= 15 is 0 Å². The van der Waals surface area contributed by atoms with Crippen LogP contribution in [-0.4, -0.2) is 18.6 Å². The number of carbonyl (C=O) groups excluding carboxylic acids is 1. The van der Waals surface area contributed by atoms with Gasteiger partial charge in [-0.25, -0.2) is 0 Å². The Morgan fingerprint density at radius 3 is 2.76 bits per heavy atom. The summed E-state index contributed by atoms with van der Waals surface area (Å²) in [4.78, 5) is 12.1. The van der Waals surface area contributed by atoms with Crippen LogP contribution in [0.4, 0.5) is 0 Å². The van der Waals surface area contributed by atoms with E-state index in [1.165, 1.54) is 29.5 Å². The average molecular weight is 287 g/mol. The number of amides is 1. The maximum absolute atomic E-state index is 12.1. The Balaban J connectivity index is 1.84. The molecule has 0 aromatic heterocycles. The fourth-order valence-electron chi connectivity index (χ4n) is 2.45. The lowest BCUT2D eigenvalue weighted by atomic mass is 10.00. The molecule has 0 aliphatic heterocycles. The number of ether oxygens (including phenoxy) is 1. The minimum atomic E-state index is -0.476. The molecule has 0 heterocycles. The van der Waals surface area contributed by atoms with Gasteiger partial charge in [0, 0.05) is 6.54 Å². The first-order chi connectivity index (χ1) is 10.1. The van der Waals surface area contributed by atoms with Crippen molar-refractivity contribution in [2.45, 2.75) is 52.6 Å². The Kier molecular flexibility index (Phi) is 5.43. The first kappa shape index (κ1) is 15.6. The Bertz CT molecular complexity index is 534. The maximum Gasteiger partial charge on any atom is 0.261 e. The molecule has 3 nitrogen and oxygen atoms in total. The van der Waals surface area contributed by atoms with Gasteiger partial charge in [0.05, 0.1) is 0 Å². The highest BCUT2D eigenvalue weighted by Crippen LogP contribution is 2.18. The van der Waals surface area contributed by atoms with E-state index in [4.69, 9.17) is 4.74 Å². The number of hydrogen-bond donors (Lipinski definition) is 1. The summed E-state index contributed by atoms with van der Waals surface area (Å²) in [5.41, 5.74) is 3.74. The smallest absolute Gasteiger partial charge is 0.261 e. The van der Waals surface area contributed by atoms with Gasteiger partial charge in [-0.15, -0.1) is 0 Å². The van der Waals surface area contributed by atoms with E-state index in [9.17, 15) is 4.79 Å². The van der Waals surface area contributed by atoms with Crippen molar-refractivity contribution in [3.63, 3.8) is 0 Å². The summed E-state index contributed by atoms with van der Waals surface area (Å²) >= 11 is 0. The highest BCUT2D eigenvalue weighted by atomic mass is 16.5. The van der Waals surface area contributed by atoms with Crippen LogP contribution in [-0.2, 0) is 4.79 Å².